The number of carboxylic acid groups (broad SMARTS) is 1. The van der Waals surface area contributed by atoms with Crippen molar-refractivity contribution in [1.82, 2.24) is 9.55 Å². The van der Waals surface area contributed by atoms with E-state index in [2.05, 4.69) is 4.98 Å². The molecule has 0 amide bonds. The highest BCUT2D eigenvalue weighted by Gasteiger charge is 2.36. The van der Waals surface area contributed by atoms with Gasteiger partial charge in [0.25, 0.3) is 0 Å². The first kappa shape index (κ1) is 15.9. The Labute approximate surface area is 124 Å². The normalized spacial score (nSPS) is 25.0. The van der Waals surface area contributed by atoms with Crippen molar-refractivity contribution in [2.24, 2.45) is 0 Å². The first-order valence-electron chi connectivity index (χ1n) is 6.29. The highest BCUT2D eigenvalue weighted by atomic mass is 19.1. The molecule has 1 saturated heterocycles. The van der Waals surface area contributed by atoms with Gasteiger partial charge in [-0.25, -0.2) is 14.0 Å². The van der Waals surface area contributed by atoms with Crippen molar-refractivity contribution in [3.05, 3.63) is 45.8 Å². The van der Waals surface area contributed by atoms with Crippen LogP contribution in [0.5, 0.6) is 0 Å². The number of nitrogens with zero attached hydrogens (tertiary/aromatic N) is 2. The van der Waals surface area contributed by atoms with E-state index in [4.69, 9.17) is 15.6 Å². The molecule has 1 aromatic rings. The lowest BCUT2D eigenvalue weighted by Crippen LogP contribution is -2.30. The molecule has 1 fully saturated rings. The molecular formula is C13H14FN3O5. The fourth-order valence-electron chi connectivity index (χ4n) is 2.24. The van der Waals surface area contributed by atoms with Crippen molar-refractivity contribution in [1.29, 1.82) is 0 Å². The van der Waals surface area contributed by atoms with Crippen LogP contribution in [-0.4, -0.2) is 38.4 Å². The molecule has 8 nitrogen and oxygen atoms in total. The quantitative estimate of drug-likeness (QED) is 0.728. The molecular weight excluding hydrogens is 297 g/mol. The summed E-state index contributed by atoms with van der Waals surface area (Å²) in [6.07, 6.45) is 0.720. The molecule has 0 bridgehead atoms. The molecule has 0 spiro atoms. The van der Waals surface area contributed by atoms with E-state index in [0.29, 0.717) is 5.57 Å². The van der Waals surface area contributed by atoms with Gasteiger partial charge in [0.2, 0.25) is 0 Å². The number of aromatic nitrogens is 2. The number of ether oxygens (including phenoxy) is 1. The maximum atomic E-state index is 13.0. The van der Waals surface area contributed by atoms with Crippen molar-refractivity contribution >= 4 is 11.8 Å². The highest BCUT2D eigenvalue weighted by molar-refractivity contribution is 5.92. The molecule has 2 rings (SSSR count). The van der Waals surface area contributed by atoms with Gasteiger partial charge in [-0.1, -0.05) is 6.08 Å². The van der Waals surface area contributed by atoms with Gasteiger partial charge in [0.1, 0.15) is 17.5 Å². The van der Waals surface area contributed by atoms with Crippen molar-refractivity contribution in [2.45, 2.75) is 19.3 Å². The molecule has 1 aliphatic rings. The number of hydrogen-bond donors (Lipinski definition) is 3. The Morgan fingerprint density at radius 3 is 2.77 bits per heavy atom. The summed E-state index contributed by atoms with van der Waals surface area (Å²) >= 11 is 0. The Bertz CT molecular complexity index is 725. The molecule has 1 aliphatic heterocycles. The number of nitrogens with two attached hydrogens (primary N) is 1. The zero-order valence-electron chi connectivity index (χ0n) is 11.6. The smallest absolute Gasteiger partial charge is 0.351 e. The second-order valence-corrected chi connectivity index (χ2v) is 4.50. The molecule has 2 heterocycles. The summed E-state index contributed by atoms with van der Waals surface area (Å²) in [5.41, 5.74) is 4.55. The third-order valence-corrected chi connectivity index (χ3v) is 3.30. The molecule has 1 aromatic heterocycles. The van der Waals surface area contributed by atoms with Crippen LogP contribution in [0.1, 0.15) is 23.5 Å². The van der Waals surface area contributed by atoms with E-state index >= 15 is 0 Å². The van der Waals surface area contributed by atoms with E-state index in [1.807, 2.05) is 0 Å². The number of rotatable bonds is 3. The zero-order valence-corrected chi connectivity index (χ0v) is 11.6. The molecule has 0 radical (unpaired) electrons. The van der Waals surface area contributed by atoms with Crippen molar-refractivity contribution < 1.29 is 24.1 Å². The molecule has 9 heteroatoms. The van der Waals surface area contributed by atoms with Crippen molar-refractivity contribution in [2.75, 3.05) is 12.3 Å². The number of allylic oxidation sites excluding steroid dienone is 1. The van der Waals surface area contributed by atoms with Gasteiger partial charge in [-0.3, -0.25) is 4.57 Å². The fraction of sp³-hybridized carbons (Fsp3) is 0.308. The Kier molecular flexibility index (Phi) is 4.38. The lowest BCUT2D eigenvalue weighted by Gasteiger charge is -2.16. The Balaban J connectivity index is 2.59. The minimum Gasteiger partial charge on any atom is -0.478 e. The monoisotopic (exact) mass is 311 g/mol. The molecule has 0 saturated carbocycles. The number of halogens is 1. The van der Waals surface area contributed by atoms with E-state index in [0.717, 1.165) is 10.8 Å². The number of nitrogen functional groups attached to an aromatic ring is 1. The predicted octanol–water partition coefficient (Wildman–Crippen LogP) is 0.213. The molecule has 0 aliphatic carbocycles. The van der Waals surface area contributed by atoms with E-state index in [1.54, 1.807) is 6.92 Å². The second kappa shape index (κ2) is 6.08. The Morgan fingerprint density at radius 1 is 1.59 bits per heavy atom. The van der Waals surface area contributed by atoms with Gasteiger partial charge >= 0.3 is 11.7 Å². The Hall–Kier alpha value is -2.52. The summed E-state index contributed by atoms with van der Waals surface area (Å²) in [7, 11) is 0. The number of aliphatic hydroxyl groups excluding tert-OH is 1. The van der Waals surface area contributed by atoms with Crippen molar-refractivity contribution in [3.63, 3.8) is 0 Å². The predicted molar refractivity (Wildman–Crippen MR) is 73.8 cm³/mol. The van der Waals surface area contributed by atoms with Gasteiger partial charge in [0.15, 0.2) is 6.23 Å². The number of aliphatic hydroxyl groups is 1. The molecule has 2 unspecified atom stereocenters. The summed E-state index contributed by atoms with van der Waals surface area (Å²) in [6.45, 7) is 1.11. The SMILES string of the molecule is C/C=C1\C(=C/F)C(CO)OC1n1cc(C(=O)O)c(N)nc1=O. The summed E-state index contributed by atoms with van der Waals surface area (Å²) < 4.78 is 19.3. The average Bonchev–Trinajstić information content (AvgIpc) is 2.84. The van der Waals surface area contributed by atoms with Crippen LogP contribution in [0, 0.1) is 0 Å². The van der Waals surface area contributed by atoms with E-state index < -0.39 is 36.4 Å². The van der Waals surface area contributed by atoms with Gasteiger partial charge in [-0.2, -0.15) is 4.98 Å². The minimum atomic E-state index is -1.36. The van der Waals surface area contributed by atoms with Gasteiger partial charge in [0.05, 0.1) is 12.9 Å². The number of carboxylic acids is 1. The van der Waals surface area contributed by atoms with E-state index in [9.17, 15) is 19.1 Å². The number of hydrogen-bond acceptors (Lipinski definition) is 6. The third-order valence-electron chi connectivity index (χ3n) is 3.30. The van der Waals surface area contributed by atoms with Crippen LogP contribution in [0.25, 0.3) is 0 Å². The summed E-state index contributed by atoms with van der Waals surface area (Å²) in [6, 6.07) is 0. The van der Waals surface area contributed by atoms with Gasteiger partial charge < -0.3 is 20.7 Å². The minimum absolute atomic E-state index is 0.0793. The van der Waals surface area contributed by atoms with Gasteiger partial charge in [-0.05, 0) is 6.92 Å². The number of carbonyl (C=O) groups is 1. The standard InChI is InChI=1S/C13H14FN3O5/c1-2-6-7(3-14)9(5-18)22-11(6)17-4-8(12(19)20)10(15)16-13(17)21/h2-4,9,11,18H,5H2,1H3,(H,19,20)(H2,15,16,21)/b6-2+,7-3+. The summed E-state index contributed by atoms with van der Waals surface area (Å²) in [5.74, 6) is -1.78. The summed E-state index contributed by atoms with van der Waals surface area (Å²) in [5, 5.41) is 18.3. The second-order valence-electron chi connectivity index (χ2n) is 4.50. The average molecular weight is 311 g/mol. The molecule has 118 valence electrons. The topological polar surface area (TPSA) is 128 Å². The number of aromatic carboxylic acids is 1. The van der Waals surface area contributed by atoms with Crippen molar-refractivity contribution in [3.8, 4) is 0 Å². The van der Waals surface area contributed by atoms with Crippen LogP contribution in [0.4, 0.5) is 10.2 Å². The fourth-order valence-corrected chi connectivity index (χ4v) is 2.24. The first-order valence-corrected chi connectivity index (χ1v) is 6.29. The maximum Gasteiger partial charge on any atom is 0.351 e. The van der Waals surface area contributed by atoms with Crippen LogP contribution >= 0.6 is 0 Å². The summed E-state index contributed by atoms with van der Waals surface area (Å²) in [4.78, 5) is 26.5. The third kappa shape index (κ3) is 2.51. The Morgan fingerprint density at radius 2 is 2.27 bits per heavy atom. The van der Waals surface area contributed by atoms with Crippen LogP contribution in [-0.2, 0) is 4.74 Å². The van der Waals surface area contributed by atoms with Crippen LogP contribution < -0.4 is 11.4 Å². The lowest BCUT2D eigenvalue weighted by atomic mass is 10.0. The van der Waals surface area contributed by atoms with Crippen LogP contribution in [0.15, 0.2) is 34.5 Å². The number of anilines is 1. The van der Waals surface area contributed by atoms with Gasteiger partial charge in [-0.15, -0.1) is 0 Å². The zero-order chi connectivity index (χ0) is 16.4. The largest absolute Gasteiger partial charge is 0.478 e. The van der Waals surface area contributed by atoms with Crippen LogP contribution in [0.3, 0.4) is 0 Å². The lowest BCUT2D eigenvalue weighted by molar-refractivity contribution is -0.00846. The van der Waals surface area contributed by atoms with E-state index in [1.165, 1.54) is 6.08 Å². The maximum absolute atomic E-state index is 13.0. The van der Waals surface area contributed by atoms with Crippen LogP contribution in [0.2, 0.25) is 0 Å². The van der Waals surface area contributed by atoms with Gasteiger partial charge in [0, 0.05) is 17.3 Å². The molecule has 22 heavy (non-hydrogen) atoms. The highest BCUT2D eigenvalue weighted by Crippen LogP contribution is 2.37. The first-order chi connectivity index (χ1) is 10.4. The van der Waals surface area contributed by atoms with E-state index in [-0.39, 0.29) is 17.5 Å². The molecule has 0 aromatic carbocycles. The molecule has 2 atom stereocenters. The molecule has 4 N–H and O–H groups in total.